The van der Waals surface area contributed by atoms with E-state index in [1.165, 1.54) is 0 Å². The summed E-state index contributed by atoms with van der Waals surface area (Å²) in [5.74, 6) is 0.890. The molecular weight excluding hydrogens is 510 g/mol. The fraction of sp³-hybridized carbons (Fsp3) is 0.294. The zero-order valence-corrected chi connectivity index (χ0v) is 23.2. The van der Waals surface area contributed by atoms with Crippen LogP contribution in [0.25, 0.3) is 10.8 Å². The maximum absolute atomic E-state index is 13.7. The zero-order valence-electron chi connectivity index (χ0n) is 23.2. The van der Waals surface area contributed by atoms with Gasteiger partial charge in [0.2, 0.25) is 5.91 Å². The van der Waals surface area contributed by atoms with Crippen molar-refractivity contribution in [3.8, 4) is 5.75 Å². The highest BCUT2D eigenvalue weighted by Crippen LogP contribution is 2.37. The minimum Gasteiger partial charge on any atom is -0.488 e. The van der Waals surface area contributed by atoms with Crippen molar-refractivity contribution in [3.05, 3.63) is 107 Å². The summed E-state index contributed by atoms with van der Waals surface area (Å²) in [6.07, 6.45) is 4.31. The summed E-state index contributed by atoms with van der Waals surface area (Å²) in [4.78, 5) is 15.9. The van der Waals surface area contributed by atoms with Crippen LogP contribution in [0.2, 0.25) is 0 Å². The van der Waals surface area contributed by atoms with Crippen LogP contribution in [0.3, 0.4) is 0 Å². The van der Waals surface area contributed by atoms with Crippen LogP contribution in [0.4, 0.5) is 5.69 Å². The average molecular weight is 548 g/mol. The van der Waals surface area contributed by atoms with Crippen LogP contribution in [-0.2, 0) is 24.4 Å². The molecule has 4 aromatic carbocycles. The third-order valence-electron chi connectivity index (χ3n) is 8.47. The summed E-state index contributed by atoms with van der Waals surface area (Å²) >= 11 is 0. The summed E-state index contributed by atoms with van der Waals surface area (Å²) in [5, 5.41) is 13.5. The fourth-order valence-electron chi connectivity index (χ4n) is 6.18. The largest absolute Gasteiger partial charge is 0.488 e. The highest BCUT2D eigenvalue weighted by Gasteiger charge is 2.36. The van der Waals surface area contributed by atoms with Crippen molar-refractivity contribution in [2.75, 3.05) is 4.90 Å². The second-order valence-corrected chi connectivity index (χ2v) is 11.3. The molecule has 1 heterocycles. The number of ether oxygens (including phenoxy) is 1. The highest BCUT2D eigenvalue weighted by molar-refractivity contribution is 5.97. The topological polar surface area (TPSA) is 117 Å². The van der Waals surface area contributed by atoms with Crippen molar-refractivity contribution in [1.29, 1.82) is 5.41 Å². The number of rotatable bonds is 8. The van der Waals surface area contributed by atoms with Crippen LogP contribution < -0.4 is 26.4 Å². The number of amides is 1. The Hall–Kier alpha value is -4.36. The molecule has 6 rings (SSSR count). The first-order valence-corrected chi connectivity index (χ1v) is 14.4. The van der Waals surface area contributed by atoms with E-state index in [1.807, 2.05) is 48.5 Å². The monoisotopic (exact) mass is 547 g/mol. The first kappa shape index (κ1) is 26.8. The Morgan fingerprint density at radius 1 is 0.927 bits per heavy atom. The number of anilines is 1. The maximum Gasteiger partial charge on any atom is 0.243 e. The summed E-state index contributed by atoms with van der Waals surface area (Å²) in [6, 6.07) is 28.4. The minimum absolute atomic E-state index is 0.0181. The average Bonchev–Trinajstić information content (AvgIpc) is 3.35. The predicted octanol–water partition coefficient (Wildman–Crippen LogP) is 5.02. The van der Waals surface area contributed by atoms with Gasteiger partial charge in [0.25, 0.3) is 0 Å². The van der Waals surface area contributed by atoms with Gasteiger partial charge in [-0.1, -0.05) is 72.8 Å². The van der Waals surface area contributed by atoms with E-state index in [0.29, 0.717) is 25.1 Å². The number of nitrogen functional groups attached to an aromatic ring is 1. The Labute approximate surface area is 241 Å². The zero-order chi connectivity index (χ0) is 28.3. The van der Waals surface area contributed by atoms with Crippen LogP contribution in [0.15, 0.2) is 84.9 Å². The quantitative estimate of drug-likeness (QED) is 0.183. The molecule has 0 aromatic heterocycles. The first-order valence-electron chi connectivity index (χ1n) is 14.4. The van der Waals surface area contributed by atoms with Crippen molar-refractivity contribution in [2.45, 2.75) is 63.4 Å². The van der Waals surface area contributed by atoms with Gasteiger partial charge >= 0.3 is 0 Å². The van der Waals surface area contributed by atoms with E-state index in [1.54, 1.807) is 0 Å². The molecule has 2 aliphatic rings. The molecule has 41 heavy (non-hydrogen) atoms. The van der Waals surface area contributed by atoms with Crippen molar-refractivity contribution in [2.24, 2.45) is 11.5 Å². The molecule has 0 saturated heterocycles. The molecule has 1 amide bonds. The van der Waals surface area contributed by atoms with Crippen LogP contribution >= 0.6 is 0 Å². The fourth-order valence-corrected chi connectivity index (χ4v) is 6.18. The molecule has 7 heteroatoms. The number of hydrogen-bond donors (Lipinski definition) is 4. The molecule has 1 atom stereocenters. The molecule has 1 unspecified atom stereocenters. The van der Waals surface area contributed by atoms with Gasteiger partial charge in [0, 0.05) is 41.7 Å². The van der Waals surface area contributed by atoms with Crippen molar-refractivity contribution < 1.29 is 9.53 Å². The van der Waals surface area contributed by atoms with Crippen LogP contribution in [0.5, 0.6) is 5.75 Å². The van der Waals surface area contributed by atoms with E-state index >= 15 is 0 Å². The van der Waals surface area contributed by atoms with Gasteiger partial charge in [-0.3, -0.25) is 10.2 Å². The molecule has 6 N–H and O–H groups in total. The Kier molecular flexibility index (Phi) is 7.61. The normalized spacial score (nSPS) is 20.0. The van der Waals surface area contributed by atoms with Gasteiger partial charge in [-0.2, -0.15) is 0 Å². The molecule has 1 aliphatic heterocycles. The van der Waals surface area contributed by atoms with Gasteiger partial charge in [0.1, 0.15) is 24.2 Å². The van der Waals surface area contributed by atoms with E-state index in [4.69, 9.17) is 21.6 Å². The van der Waals surface area contributed by atoms with Gasteiger partial charge in [0.05, 0.1) is 0 Å². The Morgan fingerprint density at radius 2 is 1.68 bits per heavy atom. The van der Waals surface area contributed by atoms with Crippen molar-refractivity contribution in [3.63, 3.8) is 0 Å². The lowest BCUT2D eigenvalue weighted by Gasteiger charge is -2.31. The molecule has 210 valence electrons. The van der Waals surface area contributed by atoms with Gasteiger partial charge in [-0.25, -0.2) is 0 Å². The van der Waals surface area contributed by atoms with E-state index in [0.717, 1.165) is 64.6 Å². The number of nitrogens with zero attached hydrogens (tertiary/aromatic N) is 1. The minimum atomic E-state index is -0.351. The molecule has 7 nitrogen and oxygen atoms in total. The standard InChI is InChI=1S/C34H37N5O2/c35-26-14-16-27(17-15-26)38-34(40)31-18-23-12-13-24(33(36)37)19-30(23)39(31)20-25-8-4-10-29-28(25)9-5-11-32(29)41-21-22-6-2-1-3-7-22/h1-13,19,26-27,31H,14-18,20-21,35H2,(H3,36,37)(H,38,40)/t26-,27-,31?. The summed E-state index contributed by atoms with van der Waals surface area (Å²) < 4.78 is 6.26. The summed E-state index contributed by atoms with van der Waals surface area (Å²) in [6.45, 7) is 1.04. The summed E-state index contributed by atoms with van der Waals surface area (Å²) in [5.41, 5.74) is 16.9. The highest BCUT2D eigenvalue weighted by atomic mass is 16.5. The van der Waals surface area contributed by atoms with Gasteiger partial charge < -0.3 is 26.4 Å². The molecule has 0 bridgehead atoms. The summed E-state index contributed by atoms with van der Waals surface area (Å²) in [7, 11) is 0. The van der Waals surface area contributed by atoms with E-state index < -0.39 is 0 Å². The Balaban J connectivity index is 1.30. The SMILES string of the molecule is N=C(N)c1ccc2c(c1)N(Cc1cccc3c(OCc4ccccc4)cccc13)C(C(=O)N[C@H]1CC[C@H](N)CC1)C2. The number of amidine groups is 1. The molecule has 1 aliphatic carbocycles. The number of carbonyl (C=O) groups excluding carboxylic acids is 1. The second kappa shape index (κ2) is 11.6. The number of fused-ring (bicyclic) bond motifs is 2. The second-order valence-electron chi connectivity index (χ2n) is 11.3. The lowest BCUT2D eigenvalue weighted by atomic mass is 9.91. The number of carbonyl (C=O) groups is 1. The van der Waals surface area contributed by atoms with Gasteiger partial charge in [-0.05, 0) is 59.9 Å². The third-order valence-corrected chi connectivity index (χ3v) is 8.47. The number of benzene rings is 4. The van der Waals surface area contributed by atoms with Gasteiger partial charge in [-0.15, -0.1) is 0 Å². The van der Waals surface area contributed by atoms with E-state index in [9.17, 15) is 4.79 Å². The first-order chi connectivity index (χ1) is 20.0. The van der Waals surface area contributed by atoms with E-state index in [2.05, 4.69) is 46.6 Å². The lowest BCUT2D eigenvalue weighted by molar-refractivity contribution is -0.123. The number of hydrogen-bond acceptors (Lipinski definition) is 5. The Bertz CT molecular complexity index is 1560. The molecule has 0 radical (unpaired) electrons. The smallest absolute Gasteiger partial charge is 0.243 e. The number of nitrogens with two attached hydrogens (primary N) is 2. The lowest BCUT2D eigenvalue weighted by Crippen LogP contribution is -2.49. The van der Waals surface area contributed by atoms with E-state index in [-0.39, 0.29) is 29.9 Å². The van der Waals surface area contributed by atoms with Crippen molar-refractivity contribution >= 4 is 28.2 Å². The predicted molar refractivity (Wildman–Crippen MR) is 164 cm³/mol. The molecule has 0 spiro atoms. The number of nitrogens with one attached hydrogen (secondary N) is 2. The van der Waals surface area contributed by atoms with Crippen molar-refractivity contribution in [1.82, 2.24) is 5.32 Å². The van der Waals surface area contributed by atoms with Crippen LogP contribution in [-0.4, -0.2) is 29.9 Å². The molecular formula is C34H37N5O2. The molecule has 1 saturated carbocycles. The molecule has 4 aromatic rings. The maximum atomic E-state index is 13.7. The third kappa shape index (κ3) is 5.77. The Morgan fingerprint density at radius 3 is 2.46 bits per heavy atom. The van der Waals surface area contributed by atoms with Crippen LogP contribution in [0.1, 0.15) is 47.9 Å². The van der Waals surface area contributed by atoms with Gasteiger partial charge in [0.15, 0.2) is 0 Å². The van der Waals surface area contributed by atoms with Crippen LogP contribution in [0, 0.1) is 5.41 Å². The molecule has 1 fully saturated rings.